The summed E-state index contributed by atoms with van der Waals surface area (Å²) in [7, 11) is 0. The van der Waals surface area contributed by atoms with Crippen molar-refractivity contribution in [2.24, 2.45) is 15.6 Å². The van der Waals surface area contributed by atoms with Crippen LogP contribution in [0.3, 0.4) is 0 Å². The third kappa shape index (κ3) is 3.20. The van der Waals surface area contributed by atoms with Gasteiger partial charge in [0.05, 0.1) is 6.54 Å². The smallest absolute Gasteiger partial charge is 0.0593 e. The summed E-state index contributed by atoms with van der Waals surface area (Å²) in [5.74, 6) is 0. The van der Waals surface area contributed by atoms with Crippen molar-refractivity contribution in [2.45, 2.75) is 6.92 Å². The van der Waals surface area contributed by atoms with E-state index in [9.17, 15) is 0 Å². The van der Waals surface area contributed by atoms with E-state index in [2.05, 4.69) is 15.6 Å². The molecule has 1 N–H and O–H groups in total. The van der Waals surface area contributed by atoms with Gasteiger partial charge in [-0.3, -0.25) is 0 Å². The molecular formula is C2H6N4. The van der Waals surface area contributed by atoms with Crippen molar-refractivity contribution >= 4 is 0 Å². The van der Waals surface area contributed by atoms with Crippen LogP contribution >= 0.6 is 0 Å². The summed E-state index contributed by atoms with van der Waals surface area (Å²) in [5.41, 5.74) is 6.07. The molecule has 0 fully saturated rings. The van der Waals surface area contributed by atoms with E-state index in [0.717, 1.165) is 0 Å². The van der Waals surface area contributed by atoms with E-state index in [4.69, 9.17) is 5.53 Å². The van der Waals surface area contributed by atoms with Gasteiger partial charge < -0.3 is 0 Å². The van der Waals surface area contributed by atoms with Crippen LogP contribution in [-0.2, 0) is 0 Å². The van der Waals surface area contributed by atoms with E-state index >= 15 is 0 Å². The highest BCUT2D eigenvalue weighted by Gasteiger charge is 1.57. The minimum absolute atomic E-state index is 0.600. The average Bonchev–Trinajstić information content (AvgIpc) is 1.61. The molecule has 0 heterocycles. The van der Waals surface area contributed by atoms with E-state index in [1.165, 1.54) is 0 Å². The van der Waals surface area contributed by atoms with E-state index in [0.29, 0.717) is 6.54 Å². The zero-order valence-electron chi connectivity index (χ0n) is 3.55. The van der Waals surface area contributed by atoms with E-state index < -0.39 is 0 Å². The van der Waals surface area contributed by atoms with Crippen LogP contribution in [0.2, 0.25) is 0 Å². The van der Waals surface area contributed by atoms with E-state index in [-0.39, 0.29) is 0 Å². The van der Waals surface area contributed by atoms with Gasteiger partial charge in [0.15, 0.2) is 0 Å². The largest absolute Gasteiger partial charge is 0.183 e. The second-order valence-electron chi connectivity index (χ2n) is 0.647. The first-order valence-electron chi connectivity index (χ1n) is 1.65. The molecule has 0 amide bonds. The van der Waals surface area contributed by atoms with Gasteiger partial charge in [-0.05, 0) is 17.4 Å². The molecule has 0 aromatic heterocycles. The monoisotopic (exact) mass is 86.1 g/mol. The summed E-state index contributed by atoms with van der Waals surface area (Å²) in [4.78, 5) is 0. The lowest BCUT2D eigenvalue weighted by Crippen LogP contribution is -1.57. The molecule has 34 valence electrons. The predicted octanol–water partition coefficient (Wildman–Crippen LogP) is 1.40. The number of nitrogens with zero attached hydrogens (tertiary/aromatic N) is 3. The fraction of sp³-hybridized carbons (Fsp3) is 1.00. The van der Waals surface area contributed by atoms with Crippen molar-refractivity contribution in [3.8, 4) is 0 Å². The molecule has 0 unspecified atom stereocenters. The molecule has 0 saturated carbocycles. The number of hydrogen-bond acceptors (Lipinski definition) is 2. The van der Waals surface area contributed by atoms with Crippen LogP contribution in [0.4, 0.5) is 0 Å². The number of rotatable bonds is 2. The Morgan fingerprint density at radius 1 is 1.67 bits per heavy atom. The molecule has 0 radical (unpaired) electrons. The number of hydrogen-bond donors (Lipinski definition) is 1. The topological polar surface area (TPSA) is 60.9 Å². The molecule has 4 nitrogen and oxygen atoms in total. The molecule has 0 aliphatic heterocycles. The van der Waals surface area contributed by atoms with Crippen LogP contribution in [0, 0.1) is 5.53 Å². The van der Waals surface area contributed by atoms with Crippen LogP contribution in [0.25, 0.3) is 0 Å². The minimum atomic E-state index is 0.600. The lowest BCUT2D eigenvalue weighted by atomic mass is 10.8. The molecule has 0 aromatic carbocycles. The fourth-order valence-electron chi connectivity index (χ4n) is 0.0949. The summed E-state index contributed by atoms with van der Waals surface area (Å²) in [6.07, 6.45) is 0. The van der Waals surface area contributed by atoms with Crippen molar-refractivity contribution < 1.29 is 0 Å². The van der Waals surface area contributed by atoms with Crippen molar-refractivity contribution in [3.05, 3.63) is 0 Å². The molecule has 0 rings (SSSR count). The molecule has 6 heavy (non-hydrogen) atoms. The fourth-order valence-corrected chi connectivity index (χ4v) is 0.0949. The second kappa shape index (κ2) is 4.20. The first kappa shape index (κ1) is 5.20. The molecule has 0 aromatic rings. The van der Waals surface area contributed by atoms with Crippen LogP contribution in [-0.4, -0.2) is 6.54 Å². The number of nitrogens with one attached hydrogen (secondary N) is 1. The van der Waals surface area contributed by atoms with Gasteiger partial charge in [0.25, 0.3) is 0 Å². The predicted molar refractivity (Wildman–Crippen MR) is 20.5 cm³/mol. The Balaban J connectivity index is 2.94. The van der Waals surface area contributed by atoms with Gasteiger partial charge in [0, 0.05) is 0 Å². The highest BCUT2D eigenvalue weighted by Crippen LogP contribution is 1.70. The maximum absolute atomic E-state index is 6.07. The maximum Gasteiger partial charge on any atom is 0.0593 e. The van der Waals surface area contributed by atoms with Crippen LogP contribution < -0.4 is 0 Å². The lowest BCUT2D eigenvalue weighted by molar-refractivity contribution is 0.847. The summed E-state index contributed by atoms with van der Waals surface area (Å²) >= 11 is 0. The first-order valence-corrected chi connectivity index (χ1v) is 1.65. The lowest BCUT2D eigenvalue weighted by Gasteiger charge is -1.66. The Kier molecular flexibility index (Phi) is 3.64. The molecule has 0 aliphatic carbocycles. The van der Waals surface area contributed by atoms with Crippen molar-refractivity contribution in [2.75, 3.05) is 6.54 Å². The van der Waals surface area contributed by atoms with Gasteiger partial charge in [-0.25, -0.2) is 0 Å². The Labute approximate surface area is 35.8 Å². The third-order valence-electron chi connectivity index (χ3n) is 0.249. The first-order chi connectivity index (χ1) is 2.91. The Morgan fingerprint density at radius 3 is 2.50 bits per heavy atom. The zero-order valence-corrected chi connectivity index (χ0v) is 3.55. The average molecular weight is 86.1 g/mol. The van der Waals surface area contributed by atoms with Gasteiger partial charge in [-0.2, -0.15) is 10.6 Å². The molecular weight excluding hydrogens is 80.0 g/mol. The van der Waals surface area contributed by atoms with Gasteiger partial charge in [-0.1, -0.05) is 0 Å². The van der Waals surface area contributed by atoms with Crippen LogP contribution in [0.5, 0.6) is 0 Å². The van der Waals surface area contributed by atoms with Gasteiger partial charge in [-0.15, -0.1) is 0 Å². The summed E-state index contributed by atoms with van der Waals surface area (Å²) in [5, 5.41) is 9.00. The summed E-state index contributed by atoms with van der Waals surface area (Å²) < 4.78 is 0. The molecule has 0 spiro atoms. The second-order valence-corrected chi connectivity index (χ2v) is 0.647. The molecule has 0 atom stereocenters. The SMILES string of the molecule is CCN=NN=N. The standard InChI is InChI=1S/C2H6N4/c1-2-4-6-5-3/h3H,2H2,1H3. The van der Waals surface area contributed by atoms with Gasteiger partial charge in [0.2, 0.25) is 0 Å². The molecule has 0 aliphatic rings. The Hall–Kier alpha value is -0.800. The quantitative estimate of drug-likeness (QED) is 0.390. The van der Waals surface area contributed by atoms with Crippen molar-refractivity contribution in [1.82, 2.24) is 0 Å². The third-order valence-corrected chi connectivity index (χ3v) is 0.249. The van der Waals surface area contributed by atoms with Crippen LogP contribution in [0.15, 0.2) is 15.6 Å². The molecule has 0 saturated heterocycles. The highest BCUT2D eigenvalue weighted by molar-refractivity contribution is 4.16. The van der Waals surface area contributed by atoms with E-state index in [1.54, 1.807) is 0 Å². The van der Waals surface area contributed by atoms with Crippen molar-refractivity contribution in [3.63, 3.8) is 0 Å². The normalized spacial score (nSPS) is 9.50. The molecule has 4 heteroatoms. The van der Waals surface area contributed by atoms with Gasteiger partial charge in [0.1, 0.15) is 0 Å². The van der Waals surface area contributed by atoms with Crippen molar-refractivity contribution in [1.29, 1.82) is 5.53 Å². The zero-order chi connectivity index (χ0) is 4.83. The maximum atomic E-state index is 6.07. The highest BCUT2D eigenvalue weighted by atomic mass is 15.4. The van der Waals surface area contributed by atoms with Crippen LogP contribution in [0.1, 0.15) is 6.92 Å². The van der Waals surface area contributed by atoms with E-state index in [1.807, 2.05) is 6.92 Å². The summed E-state index contributed by atoms with van der Waals surface area (Å²) in [6, 6.07) is 0. The minimum Gasteiger partial charge on any atom is -0.183 e. The molecule has 0 bridgehead atoms. The Morgan fingerprint density at radius 2 is 2.33 bits per heavy atom. The van der Waals surface area contributed by atoms with Gasteiger partial charge >= 0.3 is 0 Å². The summed E-state index contributed by atoms with van der Waals surface area (Å²) in [6.45, 7) is 2.43. The Bertz CT molecular complexity index is 56.6.